The van der Waals surface area contributed by atoms with Gasteiger partial charge in [0.1, 0.15) is 11.5 Å². The van der Waals surface area contributed by atoms with Crippen molar-refractivity contribution >= 4 is 57.3 Å². The summed E-state index contributed by atoms with van der Waals surface area (Å²) < 4.78 is 13.6. The van der Waals surface area contributed by atoms with Crippen molar-refractivity contribution in [3.63, 3.8) is 0 Å². The minimum atomic E-state index is -2.27. The van der Waals surface area contributed by atoms with Gasteiger partial charge in [-0.1, -0.05) is 23.7 Å². The summed E-state index contributed by atoms with van der Waals surface area (Å²) in [4.78, 5) is 43.0. The Morgan fingerprint density at radius 1 is 1.13 bits per heavy atom. The van der Waals surface area contributed by atoms with E-state index in [2.05, 4.69) is 15.6 Å². The number of carbonyl (C=O) groups excluding carboxylic acids is 3. The highest BCUT2D eigenvalue weighted by Crippen LogP contribution is 2.31. The lowest BCUT2D eigenvalue weighted by Crippen LogP contribution is -2.52. The number of rotatable bonds is 6. The maximum atomic E-state index is 13.6. The summed E-state index contributed by atoms with van der Waals surface area (Å²) in [7, 11) is 0. The van der Waals surface area contributed by atoms with Crippen LogP contribution in [0, 0.1) is 5.82 Å². The van der Waals surface area contributed by atoms with Crippen LogP contribution in [0.3, 0.4) is 0 Å². The lowest BCUT2D eigenvalue weighted by molar-refractivity contribution is -0.149. The number of nitrogens with zero attached hydrogens (tertiary/aromatic N) is 1. The molecular formula is C27H23ClFN5O4. The number of carbonyl (C=O) groups is 3. The molecule has 0 saturated carbocycles. The average Bonchev–Trinajstić information content (AvgIpc) is 3.44. The Balaban J connectivity index is 1.30. The summed E-state index contributed by atoms with van der Waals surface area (Å²) in [5, 5.41) is 17.0. The molecule has 1 aromatic heterocycles. The zero-order valence-electron chi connectivity index (χ0n) is 19.9. The molecule has 194 valence electrons. The molecule has 6 N–H and O–H groups in total. The maximum Gasteiger partial charge on any atom is 0.272 e. The Morgan fingerprint density at radius 3 is 2.68 bits per heavy atom. The van der Waals surface area contributed by atoms with Crippen molar-refractivity contribution in [3.8, 4) is 0 Å². The van der Waals surface area contributed by atoms with E-state index in [-0.39, 0.29) is 30.4 Å². The molecule has 0 bridgehead atoms. The van der Waals surface area contributed by atoms with E-state index in [9.17, 15) is 23.9 Å². The molecule has 1 fully saturated rings. The van der Waals surface area contributed by atoms with Crippen LogP contribution in [0.25, 0.3) is 10.9 Å². The number of amides is 3. The molecule has 9 nitrogen and oxygen atoms in total. The summed E-state index contributed by atoms with van der Waals surface area (Å²) in [6.07, 6.45) is -0.126. The number of anilines is 3. The van der Waals surface area contributed by atoms with Crippen molar-refractivity contribution in [2.75, 3.05) is 22.5 Å². The van der Waals surface area contributed by atoms with Gasteiger partial charge in [0.2, 0.25) is 5.60 Å². The van der Waals surface area contributed by atoms with Gasteiger partial charge in [0.05, 0.1) is 11.4 Å². The second kappa shape index (κ2) is 9.81. The molecule has 3 aromatic carbocycles. The fraction of sp³-hybridized carbons (Fsp3) is 0.148. The predicted molar refractivity (Wildman–Crippen MR) is 142 cm³/mol. The number of aromatic amines is 1. The third kappa shape index (κ3) is 4.79. The lowest BCUT2D eigenvalue weighted by Gasteiger charge is -2.22. The highest BCUT2D eigenvalue weighted by Gasteiger charge is 2.51. The standard InChI is InChI=1S/C27H23ClFN5O4/c28-17-9-15(10-18(29)13-17)14-31-25(36)27(38)7-8-34(26(27)37)19-5-6-21-16(11-19)12-23(32-21)24(35)33-22-4-2-1-3-20(22)30/h1-6,9-13,32,38H,7-8,14,30H2,(H,31,36)(H,33,35)/t27-/m1/s1. The first kappa shape index (κ1) is 25.2. The molecular weight excluding hydrogens is 513 g/mol. The quantitative estimate of drug-likeness (QED) is 0.190. The number of halogens is 2. The fourth-order valence-electron chi connectivity index (χ4n) is 4.41. The molecule has 1 aliphatic heterocycles. The predicted octanol–water partition coefficient (Wildman–Crippen LogP) is 3.58. The smallest absolute Gasteiger partial charge is 0.272 e. The molecule has 11 heteroatoms. The third-order valence-electron chi connectivity index (χ3n) is 6.42. The van der Waals surface area contributed by atoms with E-state index in [1.807, 2.05) is 0 Å². The van der Waals surface area contributed by atoms with E-state index >= 15 is 0 Å². The van der Waals surface area contributed by atoms with Gasteiger partial charge in [-0.2, -0.15) is 0 Å². The van der Waals surface area contributed by atoms with Gasteiger partial charge in [-0.25, -0.2) is 4.39 Å². The van der Waals surface area contributed by atoms with Crippen LogP contribution in [-0.4, -0.2) is 40.0 Å². The van der Waals surface area contributed by atoms with Crippen LogP contribution in [0.5, 0.6) is 0 Å². The summed E-state index contributed by atoms with van der Waals surface area (Å²) in [5.41, 5.74) is 6.34. The molecule has 38 heavy (non-hydrogen) atoms. The Morgan fingerprint density at radius 2 is 1.92 bits per heavy atom. The van der Waals surface area contributed by atoms with Crippen LogP contribution >= 0.6 is 11.6 Å². The fourth-order valence-corrected chi connectivity index (χ4v) is 4.66. The summed E-state index contributed by atoms with van der Waals surface area (Å²) >= 11 is 5.84. The van der Waals surface area contributed by atoms with Gasteiger partial charge in [0.15, 0.2) is 0 Å². The van der Waals surface area contributed by atoms with E-state index in [0.29, 0.717) is 39.2 Å². The second-order valence-electron chi connectivity index (χ2n) is 9.02. The second-order valence-corrected chi connectivity index (χ2v) is 9.46. The number of aromatic nitrogens is 1. The van der Waals surface area contributed by atoms with Crippen LogP contribution in [0.15, 0.2) is 66.7 Å². The van der Waals surface area contributed by atoms with Gasteiger partial charge in [-0.05, 0) is 60.2 Å². The zero-order chi connectivity index (χ0) is 27.0. The normalized spacial score (nSPS) is 17.1. The SMILES string of the molecule is Nc1ccccc1NC(=O)c1cc2cc(N3CC[C@@](O)(C(=O)NCc4cc(F)cc(Cl)c4)C3=O)ccc2[nH]1. The van der Waals surface area contributed by atoms with E-state index in [4.69, 9.17) is 17.3 Å². The van der Waals surface area contributed by atoms with Crippen LogP contribution in [-0.2, 0) is 16.1 Å². The van der Waals surface area contributed by atoms with Crippen LogP contribution in [0.1, 0.15) is 22.5 Å². The van der Waals surface area contributed by atoms with Crippen molar-refractivity contribution in [1.82, 2.24) is 10.3 Å². The largest absolute Gasteiger partial charge is 0.397 e. The van der Waals surface area contributed by atoms with E-state index < -0.39 is 23.2 Å². The number of aliphatic hydroxyl groups is 1. The van der Waals surface area contributed by atoms with Crippen LogP contribution in [0.2, 0.25) is 5.02 Å². The molecule has 1 saturated heterocycles. The first-order valence-corrected chi connectivity index (χ1v) is 12.1. The Kier molecular flexibility index (Phi) is 6.52. The molecule has 3 amide bonds. The number of hydrogen-bond donors (Lipinski definition) is 5. The molecule has 1 aliphatic rings. The van der Waals surface area contributed by atoms with Crippen molar-refractivity contribution < 1.29 is 23.9 Å². The van der Waals surface area contributed by atoms with Gasteiger partial charge < -0.3 is 31.4 Å². The average molecular weight is 536 g/mol. The van der Waals surface area contributed by atoms with E-state index in [1.54, 1.807) is 48.5 Å². The number of hydrogen-bond acceptors (Lipinski definition) is 5. The number of para-hydroxylation sites is 2. The van der Waals surface area contributed by atoms with Gasteiger partial charge in [-0.15, -0.1) is 0 Å². The number of benzene rings is 3. The van der Waals surface area contributed by atoms with E-state index in [1.165, 1.54) is 17.0 Å². The van der Waals surface area contributed by atoms with Gasteiger partial charge in [0.25, 0.3) is 17.7 Å². The van der Waals surface area contributed by atoms with Crippen molar-refractivity contribution in [1.29, 1.82) is 0 Å². The van der Waals surface area contributed by atoms with Crippen LogP contribution < -0.4 is 21.3 Å². The summed E-state index contributed by atoms with van der Waals surface area (Å²) in [6.45, 7) is -0.00815. The Hall–Kier alpha value is -4.41. The first-order chi connectivity index (χ1) is 18.1. The molecule has 0 radical (unpaired) electrons. The monoisotopic (exact) mass is 535 g/mol. The molecule has 2 heterocycles. The topological polar surface area (TPSA) is 141 Å². The Bertz CT molecular complexity index is 1570. The number of nitrogens with two attached hydrogens (primary N) is 1. The number of fused-ring (bicyclic) bond motifs is 1. The molecule has 0 aliphatic carbocycles. The minimum absolute atomic E-state index is 0.102. The molecule has 4 aromatic rings. The van der Waals surface area contributed by atoms with Crippen molar-refractivity contribution in [2.45, 2.75) is 18.6 Å². The van der Waals surface area contributed by atoms with E-state index in [0.717, 1.165) is 6.07 Å². The van der Waals surface area contributed by atoms with Crippen molar-refractivity contribution in [2.24, 2.45) is 0 Å². The molecule has 1 atom stereocenters. The third-order valence-corrected chi connectivity index (χ3v) is 6.64. The zero-order valence-corrected chi connectivity index (χ0v) is 20.7. The number of nitrogens with one attached hydrogen (secondary N) is 3. The first-order valence-electron chi connectivity index (χ1n) is 11.7. The highest BCUT2D eigenvalue weighted by atomic mass is 35.5. The summed E-state index contributed by atoms with van der Waals surface area (Å²) in [5.74, 6) is -2.61. The molecule has 0 unspecified atom stereocenters. The summed E-state index contributed by atoms with van der Waals surface area (Å²) in [6, 6.07) is 17.4. The Labute approximate surface area is 221 Å². The molecule has 0 spiro atoms. The number of nitrogen functional groups attached to an aromatic ring is 1. The minimum Gasteiger partial charge on any atom is -0.397 e. The van der Waals surface area contributed by atoms with Gasteiger partial charge in [-0.3, -0.25) is 14.4 Å². The van der Waals surface area contributed by atoms with Crippen molar-refractivity contribution in [3.05, 3.63) is 88.8 Å². The maximum absolute atomic E-state index is 13.6. The highest BCUT2D eigenvalue weighted by molar-refractivity contribution is 6.30. The van der Waals surface area contributed by atoms with Crippen LogP contribution in [0.4, 0.5) is 21.5 Å². The van der Waals surface area contributed by atoms with Gasteiger partial charge in [0, 0.05) is 41.1 Å². The lowest BCUT2D eigenvalue weighted by atomic mass is 10.0. The van der Waals surface area contributed by atoms with Gasteiger partial charge >= 0.3 is 0 Å². The molecule has 5 rings (SSSR count). The number of H-pyrrole nitrogens is 1.